The molecule has 6 heteroatoms. The molecule has 0 spiro atoms. The lowest BCUT2D eigenvalue weighted by Gasteiger charge is -2.34. The van der Waals surface area contributed by atoms with Crippen LogP contribution in [0, 0.1) is 11.3 Å². The van der Waals surface area contributed by atoms with Crippen LogP contribution in [0.5, 0.6) is 0 Å². The molecular formula is C24H23N3O2S. The van der Waals surface area contributed by atoms with Crippen molar-refractivity contribution in [2.24, 2.45) is 0 Å². The van der Waals surface area contributed by atoms with Gasteiger partial charge in [0.25, 0.3) is 0 Å². The highest BCUT2D eigenvalue weighted by molar-refractivity contribution is 7.89. The van der Waals surface area contributed by atoms with Gasteiger partial charge in [-0.2, -0.15) is 9.57 Å². The highest BCUT2D eigenvalue weighted by atomic mass is 32.2. The summed E-state index contributed by atoms with van der Waals surface area (Å²) >= 11 is 0. The van der Waals surface area contributed by atoms with Gasteiger partial charge in [0.1, 0.15) is 0 Å². The Morgan fingerprint density at radius 2 is 1.43 bits per heavy atom. The van der Waals surface area contributed by atoms with E-state index in [1.54, 1.807) is 28.6 Å². The molecule has 0 N–H and O–H groups in total. The lowest BCUT2D eigenvalue weighted by Crippen LogP contribution is -2.48. The molecule has 1 fully saturated rings. The number of hydrogen-bond acceptors (Lipinski definition) is 4. The van der Waals surface area contributed by atoms with Gasteiger partial charge in [0, 0.05) is 32.7 Å². The molecule has 4 rings (SSSR count). The van der Waals surface area contributed by atoms with Crippen molar-refractivity contribution in [1.29, 1.82) is 5.26 Å². The molecule has 0 bridgehead atoms. The van der Waals surface area contributed by atoms with E-state index in [9.17, 15) is 13.7 Å². The summed E-state index contributed by atoms with van der Waals surface area (Å²) in [6.07, 6.45) is 0. The normalized spacial score (nSPS) is 15.6. The molecule has 5 nitrogen and oxygen atoms in total. The maximum absolute atomic E-state index is 12.8. The van der Waals surface area contributed by atoms with Gasteiger partial charge in [-0.25, -0.2) is 8.42 Å². The third-order valence-electron chi connectivity index (χ3n) is 5.43. The summed E-state index contributed by atoms with van der Waals surface area (Å²) in [4.78, 5) is 2.63. The SMILES string of the molecule is N#Cc1ccccc1-c1ccc(CN2CCN(S(=O)(=O)c3ccccc3)CC2)cc1. The number of benzene rings is 3. The number of nitriles is 1. The zero-order chi connectivity index (χ0) is 21.0. The lowest BCUT2D eigenvalue weighted by molar-refractivity contribution is 0.181. The largest absolute Gasteiger partial charge is 0.296 e. The maximum atomic E-state index is 12.8. The quantitative estimate of drug-likeness (QED) is 0.635. The highest BCUT2D eigenvalue weighted by Crippen LogP contribution is 2.24. The predicted octanol–water partition coefficient (Wildman–Crippen LogP) is 3.73. The minimum Gasteiger partial charge on any atom is -0.296 e. The van der Waals surface area contributed by atoms with Crippen LogP contribution in [0.25, 0.3) is 11.1 Å². The first kappa shape index (κ1) is 20.3. The van der Waals surface area contributed by atoms with E-state index in [2.05, 4.69) is 23.1 Å². The first-order valence-electron chi connectivity index (χ1n) is 9.94. The molecule has 1 aliphatic rings. The van der Waals surface area contributed by atoms with Gasteiger partial charge in [-0.3, -0.25) is 4.90 Å². The topological polar surface area (TPSA) is 64.4 Å². The second-order valence-corrected chi connectivity index (χ2v) is 9.29. The smallest absolute Gasteiger partial charge is 0.243 e. The van der Waals surface area contributed by atoms with E-state index in [1.165, 1.54) is 5.56 Å². The van der Waals surface area contributed by atoms with Crippen molar-refractivity contribution >= 4 is 10.0 Å². The van der Waals surface area contributed by atoms with Crippen molar-refractivity contribution in [2.75, 3.05) is 26.2 Å². The molecule has 0 saturated carbocycles. The van der Waals surface area contributed by atoms with Crippen LogP contribution in [0.15, 0.2) is 83.8 Å². The van der Waals surface area contributed by atoms with E-state index in [4.69, 9.17) is 0 Å². The maximum Gasteiger partial charge on any atom is 0.243 e. The van der Waals surface area contributed by atoms with Crippen LogP contribution in [-0.2, 0) is 16.6 Å². The Morgan fingerprint density at radius 3 is 2.10 bits per heavy atom. The zero-order valence-corrected chi connectivity index (χ0v) is 17.4. The fourth-order valence-corrected chi connectivity index (χ4v) is 5.19. The molecule has 0 amide bonds. The van der Waals surface area contributed by atoms with Crippen LogP contribution in [0.4, 0.5) is 0 Å². The van der Waals surface area contributed by atoms with Gasteiger partial charge < -0.3 is 0 Å². The third kappa shape index (κ3) is 4.29. The summed E-state index contributed by atoms with van der Waals surface area (Å²) < 4.78 is 27.1. The Morgan fingerprint density at radius 1 is 0.800 bits per heavy atom. The molecule has 0 atom stereocenters. The van der Waals surface area contributed by atoms with E-state index in [0.29, 0.717) is 36.6 Å². The number of nitrogens with zero attached hydrogens (tertiary/aromatic N) is 3. The van der Waals surface area contributed by atoms with Gasteiger partial charge in [-0.1, -0.05) is 60.7 Å². The van der Waals surface area contributed by atoms with Gasteiger partial charge in [0.05, 0.1) is 16.5 Å². The van der Waals surface area contributed by atoms with Crippen molar-refractivity contribution in [3.05, 3.63) is 90.0 Å². The Bertz CT molecular complexity index is 1150. The van der Waals surface area contributed by atoms with Gasteiger partial charge >= 0.3 is 0 Å². The molecule has 0 radical (unpaired) electrons. The Kier molecular flexibility index (Phi) is 5.96. The number of rotatable bonds is 5. The molecule has 0 aromatic heterocycles. The van der Waals surface area contributed by atoms with Crippen LogP contribution in [0.3, 0.4) is 0 Å². The molecule has 1 saturated heterocycles. The molecule has 3 aromatic carbocycles. The first-order valence-corrected chi connectivity index (χ1v) is 11.4. The highest BCUT2D eigenvalue weighted by Gasteiger charge is 2.28. The van der Waals surface area contributed by atoms with E-state index in [-0.39, 0.29) is 0 Å². The molecule has 0 aliphatic carbocycles. The lowest BCUT2D eigenvalue weighted by atomic mass is 9.99. The van der Waals surface area contributed by atoms with Crippen molar-refractivity contribution in [3.8, 4) is 17.2 Å². The van der Waals surface area contributed by atoms with E-state index in [0.717, 1.165) is 17.7 Å². The second kappa shape index (κ2) is 8.80. The number of hydrogen-bond donors (Lipinski definition) is 0. The Hall–Kier alpha value is -2.98. The average molecular weight is 418 g/mol. The standard InChI is InChI=1S/C24H23N3O2S/c25-18-22-6-4-5-9-24(22)21-12-10-20(11-13-21)19-26-14-16-27(17-15-26)30(28,29)23-7-2-1-3-8-23/h1-13H,14-17,19H2. The van der Waals surface area contributed by atoms with Crippen molar-refractivity contribution in [1.82, 2.24) is 9.21 Å². The van der Waals surface area contributed by atoms with Crippen LogP contribution in [0.1, 0.15) is 11.1 Å². The fraction of sp³-hybridized carbons (Fsp3) is 0.208. The van der Waals surface area contributed by atoms with Crippen LogP contribution in [-0.4, -0.2) is 43.8 Å². The van der Waals surface area contributed by atoms with Gasteiger partial charge in [0.15, 0.2) is 0 Å². The molecule has 152 valence electrons. The van der Waals surface area contributed by atoms with Gasteiger partial charge in [-0.15, -0.1) is 0 Å². The van der Waals surface area contributed by atoms with Gasteiger partial charge in [-0.05, 0) is 34.9 Å². The van der Waals surface area contributed by atoms with Gasteiger partial charge in [0.2, 0.25) is 10.0 Å². The first-order chi connectivity index (χ1) is 14.6. The number of sulfonamides is 1. The van der Waals surface area contributed by atoms with Crippen LogP contribution in [0.2, 0.25) is 0 Å². The summed E-state index contributed by atoms with van der Waals surface area (Å²) in [6, 6.07) is 26.7. The van der Waals surface area contributed by atoms with Crippen LogP contribution < -0.4 is 0 Å². The molecule has 3 aromatic rings. The van der Waals surface area contributed by atoms with E-state index < -0.39 is 10.0 Å². The molecule has 1 heterocycles. The summed E-state index contributed by atoms with van der Waals surface area (Å²) in [6.45, 7) is 3.16. The summed E-state index contributed by atoms with van der Waals surface area (Å²) in [5.74, 6) is 0. The monoisotopic (exact) mass is 417 g/mol. The van der Waals surface area contributed by atoms with Crippen LogP contribution >= 0.6 is 0 Å². The van der Waals surface area contributed by atoms with Crippen molar-refractivity contribution in [3.63, 3.8) is 0 Å². The fourth-order valence-electron chi connectivity index (χ4n) is 3.75. The number of piperazine rings is 1. The minimum atomic E-state index is -3.42. The molecule has 30 heavy (non-hydrogen) atoms. The molecule has 0 unspecified atom stereocenters. The summed E-state index contributed by atoms with van der Waals surface area (Å²) in [5, 5.41) is 9.30. The van der Waals surface area contributed by atoms with Crippen molar-refractivity contribution in [2.45, 2.75) is 11.4 Å². The Labute approximate surface area is 177 Å². The van der Waals surface area contributed by atoms with Crippen molar-refractivity contribution < 1.29 is 8.42 Å². The third-order valence-corrected chi connectivity index (χ3v) is 7.34. The molecule has 1 aliphatic heterocycles. The Balaban J connectivity index is 1.38. The second-order valence-electron chi connectivity index (χ2n) is 7.35. The van der Waals surface area contributed by atoms with E-state index in [1.807, 2.05) is 42.5 Å². The molecular weight excluding hydrogens is 394 g/mol. The predicted molar refractivity (Wildman–Crippen MR) is 117 cm³/mol. The zero-order valence-electron chi connectivity index (χ0n) is 16.6. The average Bonchev–Trinajstić information content (AvgIpc) is 2.80. The summed E-state index contributed by atoms with van der Waals surface area (Å²) in [5.41, 5.74) is 3.80. The summed E-state index contributed by atoms with van der Waals surface area (Å²) in [7, 11) is -3.42. The minimum absolute atomic E-state index is 0.353. The van der Waals surface area contributed by atoms with E-state index >= 15 is 0 Å².